The van der Waals surface area contributed by atoms with Crippen LogP contribution in [0.4, 0.5) is 11.7 Å². The third-order valence-electron chi connectivity index (χ3n) is 4.71. The van der Waals surface area contributed by atoms with E-state index in [4.69, 9.17) is 23.4 Å². The largest absolute Gasteiger partial charge is 0.497 e. The molecule has 0 aliphatic carbocycles. The Morgan fingerprint density at radius 1 is 0.800 bits per heavy atom. The Morgan fingerprint density at radius 2 is 1.53 bits per heavy atom. The van der Waals surface area contributed by atoms with Gasteiger partial charge in [-0.2, -0.15) is 4.98 Å². The van der Waals surface area contributed by atoms with Crippen molar-refractivity contribution in [1.82, 2.24) is 4.98 Å². The summed E-state index contributed by atoms with van der Waals surface area (Å²) in [6.07, 6.45) is 0. The lowest BCUT2D eigenvalue weighted by Gasteiger charge is -2.14. The number of rotatable bonds is 7. The number of para-hydroxylation sites is 1. The second-order valence-corrected chi connectivity index (χ2v) is 6.44. The van der Waals surface area contributed by atoms with E-state index in [0.717, 1.165) is 22.4 Å². The van der Waals surface area contributed by atoms with E-state index in [1.54, 1.807) is 40.6 Å². The molecule has 4 aromatic rings. The molecule has 30 heavy (non-hydrogen) atoms. The maximum absolute atomic E-state index is 6.06. The van der Waals surface area contributed by atoms with Crippen LogP contribution >= 0.6 is 0 Å². The molecule has 0 atom stereocenters. The second-order valence-electron chi connectivity index (χ2n) is 6.44. The molecule has 0 spiro atoms. The summed E-state index contributed by atoms with van der Waals surface area (Å²) in [5.41, 5.74) is 4.03. The van der Waals surface area contributed by atoms with Crippen molar-refractivity contribution in [2.75, 3.05) is 33.8 Å². The Balaban J connectivity index is 1.73. The van der Waals surface area contributed by atoms with Gasteiger partial charge in [0.2, 0.25) is 5.75 Å². The number of hydrogen-bond acceptors (Lipinski definition) is 7. The average molecular weight is 406 g/mol. The molecule has 0 radical (unpaired) electrons. The van der Waals surface area contributed by atoms with Crippen LogP contribution in [0.25, 0.3) is 22.2 Å². The number of benzene rings is 3. The first-order valence-corrected chi connectivity index (χ1v) is 9.28. The van der Waals surface area contributed by atoms with Crippen LogP contribution in [0.15, 0.2) is 59.0 Å². The van der Waals surface area contributed by atoms with Crippen molar-refractivity contribution < 1.29 is 23.4 Å². The highest BCUT2D eigenvalue weighted by Gasteiger charge is 2.16. The minimum atomic E-state index is 0.356. The Bertz CT molecular complexity index is 1160. The minimum absolute atomic E-state index is 0.356. The van der Waals surface area contributed by atoms with E-state index in [0.29, 0.717) is 34.5 Å². The van der Waals surface area contributed by atoms with Gasteiger partial charge in [0.05, 0.1) is 28.4 Å². The van der Waals surface area contributed by atoms with E-state index in [2.05, 4.69) is 10.3 Å². The average Bonchev–Trinajstić information content (AvgIpc) is 3.20. The summed E-state index contributed by atoms with van der Waals surface area (Å²) >= 11 is 0. The fraction of sp³-hybridized carbons (Fsp3) is 0.174. The van der Waals surface area contributed by atoms with E-state index < -0.39 is 0 Å². The van der Waals surface area contributed by atoms with E-state index >= 15 is 0 Å². The highest BCUT2D eigenvalue weighted by atomic mass is 16.5. The Morgan fingerprint density at radius 3 is 2.20 bits per heavy atom. The smallest absolute Gasteiger partial charge is 0.300 e. The zero-order valence-corrected chi connectivity index (χ0v) is 17.2. The van der Waals surface area contributed by atoms with E-state index in [1.165, 1.54) is 0 Å². The first kappa shape index (κ1) is 19.4. The van der Waals surface area contributed by atoms with E-state index in [1.807, 2.05) is 42.5 Å². The highest BCUT2D eigenvalue weighted by Crippen LogP contribution is 2.41. The predicted octanol–water partition coefficient (Wildman–Crippen LogP) is 5.27. The van der Waals surface area contributed by atoms with Gasteiger partial charge in [-0.3, -0.25) is 0 Å². The van der Waals surface area contributed by atoms with Crippen LogP contribution in [-0.2, 0) is 0 Å². The van der Waals surface area contributed by atoms with Crippen LogP contribution in [0.2, 0.25) is 0 Å². The number of nitrogens with one attached hydrogen (secondary N) is 1. The van der Waals surface area contributed by atoms with Gasteiger partial charge in [0.1, 0.15) is 11.3 Å². The number of hydrogen-bond donors (Lipinski definition) is 1. The lowest BCUT2D eigenvalue weighted by atomic mass is 10.0. The summed E-state index contributed by atoms with van der Waals surface area (Å²) in [5, 5.41) is 3.18. The van der Waals surface area contributed by atoms with Gasteiger partial charge in [0, 0.05) is 23.4 Å². The summed E-state index contributed by atoms with van der Waals surface area (Å²) in [7, 11) is 6.35. The third kappa shape index (κ3) is 3.57. The predicted molar refractivity (Wildman–Crippen MR) is 115 cm³/mol. The van der Waals surface area contributed by atoms with Crippen LogP contribution in [0.1, 0.15) is 0 Å². The van der Waals surface area contributed by atoms with Crippen molar-refractivity contribution in [3.05, 3.63) is 54.6 Å². The molecular weight excluding hydrogens is 384 g/mol. The summed E-state index contributed by atoms with van der Waals surface area (Å²) in [6, 6.07) is 17.6. The highest BCUT2D eigenvalue weighted by molar-refractivity contribution is 5.91. The molecule has 0 unspecified atom stereocenters. The van der Waals surface area contributed by atoms with Crippen LogP contribution < -0.4 is 24.3 Å². The van der Waals surface area contributed by atoms with Gasteiger partial charge in [0.15, 0.2) is 17.1 Å². The van der Waals surface area contributed by atoms with Gasteiger partial charge in [-0.15, -0.1) is 0 Å². The van der Waals surface area contributed by atoms with Gasteiger partial charge < -0.3 is 28.7 Å². The van der Waals surface area contributed by atoms with Crippen LogP contribution in [0.3, 0.4) is 0 Å². The molecule has 0 bridgehead atoms. The summed E-state index contributed by atoms with van der Waals surface area (Å²) in [4.78, 5) is 4.57. The van der Waals surface area contributed by atoms with Gasteiger partial charge in [-0.1, -0.05) is 24.3 Å². The van der Waals surface area contributed by atoms with Gasteiger partial charge in [0.25, 0.3) is 6.01 Å². The zero-order chi connectivity index (χ0) is 21.1. The van der Waals surface area contributed by atoms with Crippen molar-refractivity contribution in [2.24, 2.45) is 0 Å². The van der Waals surface area contributed by atoms with Crippen molar-refractivity contribution in [3.8, 4) is 34.1 Å². The minimum Gasteiger partial charge on any atom is -0.497 e. The standard InChI is InChI=1S/C23H22N2O5/c1-26-16-8-5-7-14(11-16)17-9-6-10-18-21(17)30-23(25-18)24-15-12-19(27-2)22(29-4)20(13-15)28-3/h5-13H,1-4H3,(H,24,25). The number of fused-ring (bicyclic) bond motifs is 1. The van der Waals surface area contributed by atoms with Gasteiger partial charge in [-0.25, -0.2) is 0 Å². The molecular formula is C23H22N2O5. The van der Waals surface area contributed by atoms with Crippen molar-refractivity contribution >= 4 is 22.8 Å². The molecule has 0 saturated carbocycles. The van der Waals surface area contributed by atoms with E-state index in [-0.39, 0.29) is 0 Å². The first-order valence-electron chi connectivity index (χ1n) is 9.28. The molecule has 0 fully saturated rings. The lowest BCUT2D eigenvalue weighted by molar-refractivity contribution is 0.324. The van der Waals surface area contributed by atoms with Crippen molar-refractivity contribution in [2.45, 2.75) is 0 Å². The molecule has 7 nitrogen and oxygen atoms in total. The fourth-order valence-electron chi connectivity index (χ4n) is 3.30. The quantitative estimate of drug-likeness (QED) is 0.448. The number of methoxy groups -OCH3 is 4. The van der Waals surface area contributed by atoms with Crippen LogP contribution in [-0.4, -0.2) is 33.4 Å². The zero-order valence-electron chi connectivity index (χ0n) is 17.2. The molecule has 0 aliphatic heterocycles. The molecule has 3 aromatic carbocycles. The molecule has 154 valence electrons. The Kier molecular flexibility index (Phi) is 5.34. The lowest BCUT2D eigenvalue weighted by Crippen LogP contribution is -1.97. The Labute approximate surface area is 174 Å². The monoisotopic (exact) mass is 406 g/mol. The molecule has 1 heterocycles. The molecule has 0 saturated heterocycles. The number of oxazole rings is 1. The SMILES string of the molecule is COc1cccc(-c2cccc3nc(Nc4cc(OC)c(OC)c(OC)c4)oc23)c1. The van der Waals surface area contributed by atoms with Crippen LogP contribution in [0, 0.1) is 0 Å². The molecule has 7 heteroatoms. The topological polar surface area (TPSA) is 75.0 Å². The molecule has 1 aromatic heterocycles. The Hall–Kier alpha value is -3.87. The first-order chi connectivity index (χ1) is 14.7. The third-order valence-corrected chi connectivity index (χ3v) is 4.71. The maximum atomic E-state index is 6.06. The molecule has 4 rings (SSSR count). The van der Waals surface area contributed by atoms with Crippen molar-refractivity contribution in [3.63, 3.8) is 0 Å². The maximum Gasteiger partial charge on any atom is 0.300 e. The van der Waals surface area contributed by atoms with Crippen molar-refractivity contribution in [1.29, 1.82) is 0 Å². The number of anilines is 2. The normalized spacial score (nSPS) is 10.7. The number of nitrogens with zero attached hydrogens (tertiary/aromatic N) is 1. The van der Waals surface area contributed by atoms with E-state index in [9.17, 15) is 0 Å². The molecule has 0 amide bonds. The summed E-state index contributed by atoms with van der Waals surface area (Å²) in [5.74, 6) is 2.36. The fourth-order valence-corrected chi connectivity index (χ4v) is 3.30. The van der Waals surface area contributed by atoms with Crippen LogP contribution in [0.5, 0.6) is 23.0 Å². The van der Waals surface area contributed by atoms with Gasteiger partial charge >= 0.3 is 0 Å². The molecule has 0 aliphatic rings. The second kappa shape index (κ2) is 8.24. The molecule has 1 N–H and O–H groups in total. The number of ether oxygens (including phenoxy) is 4. The summed E-state index contributed by atoms with van der Waals surface area (Å²) in [6.45, 7) is 0. The van der Waals surface area contributed by atoms with Gasteiger partial charge in [-0.05, 0) is 23.8 Å². The number of aromatic nitrogens is 1. The summed E-state index contributed by atoms with van der Waals surface area (Å²) < 4.78 is 27.6.